The molecule has 2 aromatic carbocycles. The van der Waals surface area contributed by atoms with Gasteiger partial charge in [0.25, 0.3) is 5.91 Å². The number of anilines is 1. The molecule has 4 nitrogen and oxygen atoms in total. The zero-order chi connectivity index (χ0) is 18.0. The van der Waals surface area contributed by atoms with Crippen LogP contribution >= 0.6 is 0 Å². The highest BCUT2D eigenvalue weighted by atomic mass is 16.5. The van der Waals surface area contributed by atoms with Gasteiger partial charge in [-0.3, -0.25) is 4.79 Å². The SMILES string of the molecule is CCC1Oc2ccc(C(N)CC)cc2N(Cc2ccc(C)cc2)C1=O. The van der Waals surface area contributed by atoms with Crippen molar-refractivity contribution in [2.45, 2.75) is 52.3 Å². The number of aryl methyl sites for hydroxylation is 1. The van der Waals surface area contributed by atoms with Crippen molar-refractivity contribution in [1.29, 1.82) is 0 Å². The fourth-order valence-electron chi connectivity index (χ4n) is 3.10. The number of ether oxygens (including phenoxy) is 1. The van der Waals surface area contributed by atoms with Gasteiger partial charge >= 0.3 is 0 Å². The van der Waals surface area contributed by atoms with Gasteiger partial charge in [0, 0.05) is 6.04 Å². The lowest BCUT2D eigenvalue weighted by Gasteiger charge is -2.34. The molecule has 0 bridgehead atoms. The third-order valence-electron chi connectivity index (χ3n) is 4.78. The average molecular weight is 338 g/mol. The molecule has 1 amide bonds. The summed E-state index contributed by atoms with van der Waals surface area (Å²) in [4.78, 5) is 14.7. The molecule has 25 heavy (non-hydrogen) atoms. The molecule has 1 aliphatic rings. The second-order valence-electron chi connectivity index (χ2n) is 6.67. The number of hydrogen-bond donors (Lipinski definition) is 1. The van der Waals surface area contributed by atoms with E-state index in [1.165, 1.54) is 5.56 Å². The lowest BCUT2D eigenvalue weighted by molar-refractivity contribution is -0.126. The van der Waals surface area contributed by atoms with E-state index in [2.05, 4.69) is 38.1 Å². The van der Waals surface area contributed by atoms with Gasteiger partial charge in [-0.2, -0.15) is 0 Å². The summed E-state index contributed by atoms with van der Waals surface area (Å²) in [5.41, 5.74) is 10.3. The highest BCUT2D eigenvalue weighted by molar-refractivity contribution is 6.00. The fraction of sp³-hybridized carbons (Fsp3) is 0.381. The number of carbonyl (C=O) groups is 1. The summed E-state index contributed by atoms with van der Waals surface area (Å²) in [6, 6.07) is 14.2. The molecule has 4 heteroatoms. The van der Waals surface area contributed by atoms with Gasteiger partial charge in [0.2, 0.25) is 0 Å². The molecular formula is C21H26N2O2. The van der Waals surface area contributed by atoms with Crippen LogP contribution in [-0.4, -0.2) is 12.0 Å². The van der Waals surface area contributed by atoms with E-state index in [4.69, 9.17) is 10.5 Å². The van der Waals surface area contributed by atoms with Crippen LogP contribution in [0.1, 0.15) is 49.4 Å². The first-order valence-electron chi connectivity index (χ1n) is 8.96. The average Bonchev–Trinajstić information content (AvgIpc) is 2.64. The number of hydrogen-bond acceptors (Lipinski definition) is 3. The zero-order valence-electron chi connectivity index (χ0n) is 15.2. The molecule has 0 spiro atoms. The van der Waals surface area contributed by atoms with Crippen molar-refractivity contribution in [3.05, 3.63) is 59.2 Å². The lowest BCUT2D eigenvalue weighted by Crippen LogP contribution is -2.45. The molecule has 0 saturated carbocycles. The Bertz CT molecular complexity index is 755. The Labute approximate surface area is 149 Å². The van der Waals surface area contributed by atoms with Crippen LogP contribution in [0, 0.1) is 6.92 Å². The summed E-state index contributed by atoms with van der Waals surface area (Å²) >= 11 is 0. The van der Waals surface area contributed by atoms with Crippen molar-refractivity contribution in [3.8, 4) is 5.75 Å². The molecule has 0 aromatic heterocycles. The first-order chi connectivity index (χ1) is 12.0. The zero-order valence-corrected chi connectivity index (χ0v) is 15.2. The Morgan fingerprint density at radius 1 is 1.16 bits per heavy atom. The largest absolute Gasteiger partial charge is 0.478 e. The Balaban J connectivity index is 1.99. The number of fused-ring (bicyclic) bond motifs is 1. The van der Waals surface area contributed by atoms with Crippen LogP contribution < -0.4 is 15.4 Å². The Morgan fingerprint density at radius 2 is 1.88 bits per heavy atom. The molecule has 132 valence electrons. The number of benzene rings is 2. The van der Waals surface area contributed by atoms with Crippen LogP contribution in [0.5, 0.6) is 5.75 Å². The number of rotatable bonds is 5. The molecule has 0 saturated heterocycles. The molecule has 2 N–H and O–H groups in total. The van der Waals surface area contributed by atoms with Crippen LogP contribution in [-0.2, 0) is 11.3 Å². The van der Waals surface area contributed by atoms with Gasteiger partial charge in [-0.15, -0.1) is 0 Å². The number of nitrogens with zero attached hydrogens (tertiary/aromatic N) is 1. The predicted octanol–water partition coefficient (Wildman–Crippen LogP) is 4.11. The van der Waals surface area contributed by atoms with E-state index in [0.717, 1.165) is 29.0 Å². The van der Waals surface area contributed by atoms with E-state index in [1.807, 2.05) is 30.0 Å². The number of nitrogens with two attached hydrogens (primary N) is 1. The molecule has 1 heterocycles. The van der Waals surface area contributed by atoms with E-state index >= 15 is 0 Å². The molecule has 1 aliphatic heterocycles. The van der Waals surface area contributed by atoms with Crippen molar-refractivity contribution < 1.29 is 9.53 Å². The highest BCUT2D eigenvalue weighted by Crippen LogP contribution is 2.37. The minimum absolute atomic E-state index is 0.0118. The standard InChI is InChI=1S/C21H26N2O2/c1-4-17(22)16-10-11-20-18(12-16)23(21(24)19(5-2)25-20)13-15-8-6-14(3)7-9-15/h6-12,17,19H,4-5,13,22H2,1-3H3. The molecule has 2 unspecified atom stereocenters. The number of carbonyl (C=O) groups excluding carboxylic acids is 1. The van der Waals surface area contributed by atoms with Gasteiger partial charge in [0.05, 0.1) is 12.2 Å². The Hall–Kier alpha value is -2.33. The van der Waals surface area contributed by atoms with Gasteiger partial charge in [0.1, 0.15) is 5.75 Å². The maximum absolute atomic E-state index is 12.9. The molecule has 0 fully saturated rings. The quantitative estimate of drug-likeness (QED) is 0.892. The van der Waals surface area contributed by atoms with Gasteiger partial charge in [-0.05, 0) is 43.0 Å². The van der Waals surface area contributed by atoms with Gasteiger partial charge < -0.3 is 15.4 Å². The van der Waals surface area contributed by atoms with Crippen LogP contribution in [0.25, 0.3) is 0 Å². The minimum atomic E-state index is -0.427. The monoisotopic (exact) mass is 338 g/mol. The van der Waals surface area contributed by atoms with Crippen LogP contribution in [0.15, 0.2) is 42.5 Å². The van der Waals surface area contributed by atoms with Crippen molar-refractivity contribution in [3.63, 3.8) is 0 Å². The Kier molecular flexibility index (Phi) is 5.09. The molecule has 3 rings (SSSR count). The van der Waals surface area contributed by atoms with Gasteiger partial charge in [0.15, 0.2) is 6.10 Å². The van der Waals surface area contributed by atoms with E-state index in [9.17, 15) is 4.79 Å². The first kappa shape index (κ1) is 17.5. The molecule has 0 radical (unpaired) electrons. The molecule has 2 atom stereocenters. The summed E-state index contributed by atoms with van der Waals surface area (Å²) < 4.78 is 5.92. The van der Waals surface area contributed by atoms with Gasteiger partial charge in [-0.1, -0.05) is 49.7 Å². The van der Waals surface area contributed by atoms with Crippen molar-refractivity contribution in [2.24, 2.45) is 5.73 Å². The topological polar surface area (TPSA) is 55.6 Å². The third kappa shape index (κ3) is 3.54. The summed E-state index contributed by atoms with van der Waals surface area (Å²) in [7, 11) is 0. The summed E-state index contributed by atoms with van der Waals surface area (Å²) in [5, 5.41) is 0. The first-order valence-corrected chi connectivity index (χ1v) is 8.96. The predicted molar refractivity (Wildman–Crippen MR) is 101 cm³/mol. The van der Waals surface area contributed by atoms with E-state index in [1.54, 1.807) is 0 Å². The van der Waals surface area contributed by atoms with Crippen molar-refractivity contribution in [1.82, 2.24) is 0 Å². The van der Waals surface area contributed by atoms with Crippen LogP contribution in [0.4, 0.5) is 5.69 Å². The molecule has 0 aliphatic carbocycles. The normalized spacial score (nSPS) is 17.8. The smallest absolute Gasteiger partial charge is 0.268 e. The van der Waals surface area contributed by atoms with Crippen molar-refractivity contribution in [2.75, 3.05) is 4.90 Å². The Morgan fingerprint density at radius 3 is 2.52 bits per heavy atom. The second kappa shape index (κ2) is 7.28. The molecule has 2 aromatic rings. The van der Waals surface area contributed by atoms with Crippen molar-refractivity contribution >= 4 is 11.6 Å². The van der Waals surface area contributed by atoms with Crippen LogP contribution in [0.3, 0.4) is 0 Å². The van der Waals surface area contributed by atoms with Crippen LogP contribution in [0.2, 0.25) is 0 Å². The molecular weight excluding hydrogens is 312 g/mol. The van der Waals surface area contributed by atoms with Gasteiger partial charge in [-0.25, -0.2) is 0 Å². The minimum Gasteiger partial charge on any atom is -0.478 e. The van der Waals surface area contributed by atoms with E-state index in [-0.39, 0.29) is 11.9 Å². The third-order valence-corrected chi connectivity index (χ3v) is 4.78. The maximum atomic E-state index is 12.9. The lowest BCUT2D eigenvalue weighted by atomic mass is 10.0. The van der Waals surface area contributed by atoms with E-state index in [0.29, 0.717) is 13.0 Å². The highest BCUT2D eigenvalue weighted by Gasteiger charge is 2.33. The van der Waals surface area contributed by atoms with E-state index < -0.39 is 6.10 Å². The fourth-order valence-corrected chi connectivity index (χ4v) is 3.10. The second-order valence-corrected chi connectivity index (χ2v) is 6.67. The summed E-state index contributed by atoms with van der Waals surface area (Å²) in [5.74, 6) is 0.767. The summed E-state index contributed by atoms with van der Waals surface area (Å²) in [6.45, 7) is 6.63. The summed E-state index contributed by atoms with van der Waals surface area (Å²) in [6.07, 6.45) is 1.07. The maximum Gasteiger partial charge on any atom is 0.268 e. The number of amides is 1.